The highest BCUT2D eigenvalue weighted by Crippen LogP contribution is 2.26. The highest BCUT2D eigenvalue weighted by molar-refractivity contribution is 8.13. The van der Waals surface area contributed by atoms with Crippen LogP contribution in [0.15, 0.2) is 15.8 Å². The lowest BCUT2D eigenvalue weighted by Crippen LogP contribution is -2.15. The van der Waals surface area contributed by atoms with Gasteiger partial charge in [0.15, 0.2) is 0 Å². The fourth-order valence-electron chi connectivity index (χ4n) is 0.843. The summed E-state index contributed by atoms with van der Waals surface area (Å²) in [6.07, 6.45) is -3.01. The highest BCUT2D eigenvalue weighted by Gasteiger charge is 2.21. The summed E-state index contributed by atoms with van der Waals surface area (Å²) in [5.41, 5.74) is -1.94. The van der Waals surface area contributed by atoms with E-state index in [9.17, 15) is 22.0 Å². The van der Waals surface area contributed by atoms with E-state index in [-0.39, 0.29) is 0 Å². The SMILES string of the molecule is O=c1[nH]c(Cl)c(C(F)F)cc1S(=O)(=O)Cl. The van der Waals surface area contributed by atoms with Gasteiger partial charge in [-0.05, 0) is 6.07 Å². The lowest BCUT2D eigenvalue weighted by Gasteiger charge is -2.03. The fraction of sp³-hybridized carbons (Fsp3) is 0.167. The van der Waals surface area contributed by atoms with Gasteiger partial charge in [-0.25, -0.2) is 17.2 Å². The van der Waals surface area contributed by atoms with Gasteiger partial charge in [-0.15, -0.1) is 0 Å². The van der Waals surface area contributed by atoms with Crippen molar-refractivity contribution in [1.82, 2.24) is 4.98 Å². The average Bonchev–Trinajstić information content (AvgIpc) is 2.00. The van der Waals surface area contributed by atoms with Crippen LogP contribution in [0.5, 0.6) is 0 Å². The van der Waals surface area contributed by atoms with Gasteiger partial charge >= 0.3 is 0 Å². The molecule has 0 saturated heterocycles. The summed E-state index contributed by atoms with van der Waals surface area (Å²) < 4.78 is 46.2. The van der Waals surface area contributed by atoms with E-state index < -0.39 is 36.6 Å². The predicted octanol–water partition coefficient (Wildman–Crippen LogP) is 1.89. The molecular formula is C6H3Cl2F2NO3S. The molecule has 1 aromatic heterocycles. The molecule has 1 N–H and O–H groups in total. The third-order valence-corrected chi connectivity index (χ3v) is 3.12. The quantitative estimate of drug-likeness (QED) is 0.663. The van der Waals surface area contributed by atoms with Crippen LogP contribution in [0.2, 0.25) is 5.15 Å². The number of hydrogen-bond acceptors (Lipinski definition) is 3. The van der Waals surface area contributed by atoms with Crippen LogP contribution >= 0.6 is 22.3 Å². The van der Waals surface area contributed by atoms with Gasteiger partial charge in [-0.3, -0.25) is 4.79 Å². The Labute approximate surface area is 92.2 Å². The molecule has 15 heavy (non-hydrogen) atoms. The zero-order valence-electron chi connectivity index (χ0n) is 6.80. The number of H-pyrrole nitrogens is 1. The average molecular weight is 278 g/mol. The number of aromatic nitrogens is 1. The Morgan fingerprint density at radius 3 is 2.33 bits per heavy atom. The molecule has 0 atom stereocenters. The van der Waals surface area contributed by atoms with E-state index in [2.05, 4.69) is 0 Å². The number of alkyl halides is 2. The van der Waals surface area contributed by atoms with Gasteiger partial charge < -0.3 is 4.98 Å². The van der Waals surface area contributed by atoms with Crippen LogP contribution in [0, 0.1) is 0 Å². The molecular weight excluding hydrogens is 275 g/mol. The van der Waals surface area contributed by atoms with Gasteiger partial charge in [0.1, 0.15) is 10.0 Å². The molecule has 1 aromatic rings. The predicted molar refractivity (Wildman–Crippen MR) is 50.1 cm³/mol. The standard InChI is InChI=1S/C6H3Cl2F2NO3S/c7-4-2(5(9)10)1-3(6(12)11-4)15(8,13)14/h1,5H,(H,11,12). The molecule has 1 rings (SSSR count). The molecule has 0 aliphatic rings. The summed E-state index contributed by atoms with van der Waals surface area (Å²) in [4.78, 5) is 11.8. The van der Waals surface area contributed by atoms with Gasteiger partial charge in [0.05, 0.1) is 5.56 Å². The highest BCUT2D eigenvalue weighted by atomic mass is 35.7. The maximum atomic E-state index is 12.3. The third kappa shape index (κ3) is 2.67. The Bertz CT molecular complexity index is 540. The van der Waals surface area contributed by atoms with E-state index in [0.717, 1.165) is 0 Å². The minimum Gasteiger partial charge on any atom is -0.311 e. The molecule has 0 aliphatic carbocycles. The molecule has 4 nitrogen and oxygen atoms in total. The van der Waals surface area contributed by atoms with Crippen molar-refractivity contribution in [3.8, 4) is 0 Å². The van der Waals surface area contributed by atoms with Crippen molar-refractivity contribution in [2.75, 3.05) is 0 Å². The first-order valence-electron chi connectivity index (χ1n) is 3.39. The fourth-order valence-corrected chi connectivity index (χ4v) is 1.95. The topological polar surface area (TPSA) is 67.0 Å². The van der Waals surface area contributed by atoms with E-state index in [4.69, 9.17) is 22.3 Å². The number of hydrogen-bond donors (Lipinski definition) is 1. The molecule has 0 aromatic carbocycles. The van der Waals surface area contributed by atoms with Crippen LogP contribution in [0.25, 0.3) is 0 Å². The van der Waals surface area contributed by atoms with Crippen molar-refractivity contribution >= 4 is 31.3 Å². The van der Waals surface area contributed by atoms with Crippen LogP contribution in [0.1, 0.15) is 12.0 Å². The number of nitrogens with one attached hydrogen (secondary N) is 1. The molecule has 0 saturated carbocycles. The second kappa shape index (κ2) is 4.07. The Hall–Kier alpha value is -0.660. The van der Waals surface area contributed by atoms with E-state index in [1.54, 1.807) is 4.98 Å². The van der Waals surface area contributed by atoms with Gasteiger partial charge in [-0.2, -0.15) is 0 Å². The number of aromatic amines is 1. The molecule has 1 heterocycles. The smallest absolute Gasteiger partial charge is 0.269 e. The first-order valence-corrected chi connectivity index (χ1v) is 6.07. The molecule has 0 unspecified atom stereocenters. The zero-order chi connectivity index (χ0) is 11.8. The van der Waals surface area contributed by atoms with E-state index in [1.807, 2.05) is 0 Å². The van der Waals surface area contributed by atoms with Crippen LogP contribution in [0.4, 0.5) is 8.78 Å². The number of halogens is 4. The van der Waals surface area contributed by atoms with E-state index >= 15 is 0 Å². The maximum absolute atomic E-state index is 12.3. The summed E-state index contributed by atoms with van der Waals surface area (Å²) in [5, 5.41) is -0.612. The Kier molecular flexibility index (Phi) is 3.37. The molecule has 0 bridgehead atoms. The number of pyridine rings is 1. The second-order valence-corrected chi connectivity index (χ2v) is 5.38. The van der Waals surface area contributed by atoms with Crippen LogP contribution in [-0.2, 0) is 9.05 Å². The van der Waals surface area contributed by atoms with Crippen molar-refractivity contribution in [3.63, 3.8) is 0 Å². The van der Waals surface area contributed by atoms with Crippen LogP contribution < -0.4 is 5.56 Å². The normalized spacial score (nSPS) is 12.1. The summed E-state index contributed by atoms with van der Waals surface area (Å²) in [6.45, 7) is 0. The van der Waals surface area contributed by atoms with Crippen molar-refractivity contribution in [3.05, 3.63) is 27.1 Å². The number of rotatable bonds is 2. The lowest BCUT2D eigenvalue weighted by molar-refractivity contribution is 0.150. The lowest BCUT2D eigenvalue weighted by atomic mass is 10.3. The van der Waals surface area contributed by atoms with E-state index in [0.29, 0.717) is 6.07 Å². The molecule has 0 amide bonds. The van der Waals surface area contributed by atoms with Crippen molar-refractivity contribution in [2.45, 2.75) is 11.3 Å². The first kappa shape index (κ1) is 12.4. The summed E-state index contributed by atoms with van der Waals surface area (Å²) in [6, 6.07) is 0.453. The first-order chi connectivity index (χ1) is 6.73. The van der Waals surface area contributed by atoms with Gasteiger partial charge in [-0.1, -0.05) is 11.6 Å². The van der Waals surface area contributed by atoms with Gasteiger partial charge in [0.2, 0.25) is 0 Å². The van der Waals surface area contributed by atoms with Crippen LogP contribution in [-0.4, -0.2) is 13.4 Å². The minimum absolute atomic E-state index is 0.453. The van der Waals surface area contributed by atoms with Gasteiger partial charge in [0, 0.05) is 10.7 Å². The Morgan fingerprint density at radius 2 is 1.93 bits per heavy atom. The third-order valence-electron chi connectivity index (χ3n) is 1.48. The largest absolute Gasteiger partial charge is 0.311 e. The molecule has 0 fully saturated rings. The van der Waals surface area contributed by atoms with Gasteiger partial charge in [0.25, 0.3) is 21.0 Å². The monoisotopic (exact) mass is 277 g/mol. The summed E-state index contributed by atoms with van der Waals surface area (Å²) in [5.74, 6) is 0. The Balaban J connectivity index is 3.58. The minimum atomic E-state index is -4.37. The zero-order valence-corrected chi connectivity index (χ0v) is 9.13. The van der Waals surface area contributed by atoms with Crippen molar-refractivity contribution < 1.29 is 17.2 Å². The molecule has 0 aliphatic heterocycles. The molecule has 84 valence electrons. The molecule has 9 heteroatoms. The molecule has 0 spiro atoms. The van der Waals surface area contributed by atoms with Crippen LogP contribution in [0.3, 0.4) is 0 Å². The Morgan fingerprint density at radius 1 is 1.40 bits per heavy atom. The second-order valence-electron chi connectivity index (χ2n) is 2.47. The maximum Gasteiger partial charge on any atom is 0.269 e. The van der Waals surface area contributed by atoms with Crippen molar-refractivity contribution in [1.29, 1.82) is 0 Å². The van der Waals surface area contributed by atoms with Crippen molar-refractivity contribution in [2.24, 2.45) is 0 Å². The summed E-state index contributed by atoms with van der Waals surface area (Å²) >= 11 is 5.27. The summed E-state index contributed by atoms with van der Waals surface area (Å²) in [7, 11) is 0.487. The molecule has 0 radical (unpaired) electrons. The van der Waals surface area contributed by atoms with E-state index in [1.165, 1.54) is 0 Å².